The van der Waals surface area contributed by atoms with Crippen molar-refractivity contribution < 1.29 is 14.3 Å². The van der Waals surface area contributed by atoms with E-state index in [2.05, 4.69) is 0 Å². The number of hydrogen-bond donors (Lipinski definition) is 0. The number of carbonyl (C=O) groups excluding carboxylic acids is 1. The highest BCUT2D eigenvalue weighted by molar-refractivity contribution is 5.10. The molecule has 0 aromatic rings. The fraction of sp³-hybridized carbons (Fsp3) is 0.800. The van der Waals surface area contributed by atoms with E-state index in [1.54, 1.807) is 0 Å². The molecule has 0 bridgehead atoms. The molecule has 1 atom stereocenters. The highest BCUT2D eigenvalue weighted by atomic mass is 16.7. The summed E-state index contributed by atoms with van der Waals surface area (Å²) in [6, 6.07) is 0. The van der Waals surface area contributed by atoms with Crippen molar-refractivity contribution in [3.63, 3.8) is 0 Å². The molecule has 0 aromatic carbocycles. The van der Waals surface area contributed by atoms with Crippen molar-refractivity contribution in [1.29, 1.82) is 0 Å². The predicted molar refractivity (Wildman–Crippen MR) is 28.5 cm³/mol. The largest absolute Gasteiger partial charge is 0.353 e. The van der Waals surface area contributed by atoms with Gasteiger partial charge in [-0.15, -0.1) is 0 Å². The van der Waals surface area contributed by atoms with E-state index in [1.807, 2.05) is 13.7 Å². The summed E-state index contributed by atoms with van der Waals surface area (Å²) in [5, 5.41) is 0. The third-order valence-electron chi connectivity index (χ3n) is 0.788. The van der Waals surface area contributed by atoms with Gasteiger partial charge in [0.1, 0.15) is 13.6 Å². The summed E-state index contributed by atoms with van der Waals surface area (Å²) in [6.07, 6.45) is 0.324. The van der Waals surface area contributed by atoms with Crippen molar-refractivity contribution >= 4 is 6.79 Å². The first-order valence-corrected chi connectivity index (χ1v) is 2.38. The van der Waals surface area contributed by atoms with Crippen molar-refractivity contribution in [3.8, 4) is 0 Å². The molecule has 0 spiro atoms. The van der Waals surface area contributed by atoms with Crippen LogP contribution in [0, 0.1) is 0 Å². The van der Waals surface area contributed by atoms with Crippen LogP contribution in [0.25, 0.3) is 0 Å². The predicted octanol–water partition coefficient (Wildman–Crippen LogP) is 0.194. The Morgan fingerprint density at radius 3 is 2.38 bits per heavy atom. The Kier molecular flexibility index (Phi) is 4.50. The van der Waals surface area contributed by atoms with Gasteiger partial charge in [0, 0.05) is 0 Å². The molecule has 3 heteroatoms. The molecule has 0 N–H and O–H groups in total. The molecule has 1 saturated heterocycles. The van der Waals surface area contributed by atoms with E-state index in [9.17, 15) is 0 Å². The summed E-state index contributed by atoms with van der Waals surface area (Å²) in [7, 11) is 0. The molecule has 0 aliphatic carbocycles. The lowest BCUT2D eigenvalue weighted by Gasteiger charge is -1.90. The van der Waals surface area contributed by atoms with Gasteiger partial charge in [0.25, 0.3) is 0 Å². The minimum atomic E-state index is 0.324. The van der Waals surface area contributed by atoms with Crippen LogP contribution in [0.15, 0.2) is 0 Å². The summed E-state index contributed by atoms with van der Waals surface area (Å²) >= 11 is 0. The first kappa shape index (κ1) is 7.59. The van der Waals surface area contributed by atoms with Gasteiger partial charge in [-0.25, -0.2) is 0 Å². The van der Waals surface area contributed by atoms with E-state index in [1.165, 1.54) is 0 Å². The summed E-state index contributed by atoms with van der Waals surface area (Å²) in [5.41, 5.74) is 0. The maximum atomic E-state index is 8.00. The van der Waals surface area contributed by atoms with Gasteiger partial charge in [0.05, 0.1) is 12.7 Å². The third-order valence-corrected chi connectivity index (χ3v) is 0.788. The molecule has 1 aliphatic heterocycles. The molecule has 0 aromatic heterocycles. The van der Waals surface area contributed by atoms with Crippen LogP contribution in [0.5, 0.6) is 0 Å². The van der Waals surface area contributed by atoms with Gasteiger partial charge in [0.15, 0.2) is 0 Å². The number of ether oxygens (including phenoxy) is 2. The third kappa shape index (κ3) is 2.71. The number of rotatable bonds is 0. The molecule has 0 saturated carbocycles. The Bertz CT molecular complexity index is 49.6. The summed E-state index contributed by atoms with van der Waals surface area (Å²) in [4.78, 5) is 8.00. The molecular weight excluding hydrogens is 108 g/mol. The van der Waals surface area contributed by atoms with Crippen LogP contribution in [0.1, 0.15) is 6.92 Å². The normalized spacial score (nSPS) is 26.4. The van der Waals surface area contributed by atoms with E-state index < -0.39 is 0 Å². The topological polar surface area (TPSA) is 35.5 Å². The Morgan fingerprint density at radius 2 is 2.25 bits per heavy atom. The van der Waals surface area contributed by atoms with E-state index in [4.69, 9.17) is 14.3 Å². The fourth-order valence-electron chi connectivity index (χ4n) is 0.426. The van der Waals surface area contributed by atoms with Gasteiger partial charge in [0.2, 0.25) is 0 Å². The molecule has 1 fully saturated rings. The molecule has 1 aliphatic rings. The Balaban J connectivity index is 0.000000222. The molecular formula is C5H10O3. The average molecular weight is 118 g/mol. The first-order valence-electron chi connectivity index (χ1n) is 2.38. The van der Waals surface area contributed by atoms with E-state index in [-0.39, 0.29) is 0 Å². The van der Waals surface area contributed by atoms with Gasteiger partial charge < -0.3 is 14.3 Å². The summed E-state index contributed by atoms with van der Waals surface area (Å²) in [5.74, 6) is 0. The smallest absolute Gasteiger partial charge is 0.147 e. The van der Waals surface area contributed by atoms with Gasteiger partial charge >= 0.3 is 0 Å². The summed E-state index contributed by atoms with van der Waals surface area (Å²) in [6.45, 7) is 5.24. The monoisotopic (exact) mass is 118 g/mol. The molecule has 1 heterocycles. The van der Waals surface area contributed by atoms with Gasteiger partial charge in [-0.3, -0.25) is 0 Å². The molecule has 0 radical (unpaired) electrons. The highest BCUT2D eigenvalue weighted by Crippen LogP contribution is 1.98. The number of hydrogen-bond acceptors (Lipinski definition) is 3. The maximum Gasteiger partial charge on any atom is 0.147 e. The quantitative estimate of drug-likeness (QED) is 0.455. The van der Waals surface area contributed by atoms with Crippen LogP contribution < -0.4 is 0 Å². The second kappa shape index (κ2) is 4.74. The van der Waals surface area contributed by atoms with E-state index in [0.29, 0.717) is 12.9 Å². The standard InChI is InChI=1S/C4H8O2.CH2O/c1-4-2-5-3-6-4;1-2/h4H,2-3H2,1H3;1H2. The van der Waals surface area contributed by atoms with E-state index in [0.717, 1.165) is 6.61 Å². The Morgan fingerprint density at radius 1 is 1.62 bits per heavy atom. The van der Waals surface area contributed by atoms with Crippen molar-refractivity contribution in [3.05, 3.63) is 0 Å². The zero-order chi connectivity index (χ0) is 6.41. The Hall–Kier alpha value is -0.410. The molecule has 8 heavy (non-hydrogen) atoms. The lowest BCUT2D eigenvalue weighted by Crippen LogP contribution is -2.00. The lowest BCUT2D eigenvalue weighted by atomic mass is 10.5. The average Bonchev–Trinajstić information content (AvgIpc) is 2.24. The van der Waals surface area contributed by atoms with Crippen LogP contribution >= 0.6 is 0 Å². The van der Waals surface area contributed by atoms with Crippen LogP contribution in [-0.2, 0) is 14.3 Å². The second-order valence-electron chi connectivity index (χ2n) is 1.47. The molecule has 0 amide bonds. The van der Waals surface area contributed by atoms with Gasteiger partial charge in [-0.2, -0.15) is 0 Å². The van der Waals surface area contributed by atoms with Gasteiger partial charge in [-0.05, 0) is 6.92 Å². The van der Waals surface area contributed by atoms with E-state index >= 15 is 0 Å². The van der Waals surface area contributed by atoms with Crippen molar-refractivity contribution in [1.82, 2.24) is 0 Å². The van der Waals surface area contributed by atoms with Crippen LogP contribution in [-0.4, -0.2) is 26.3 Å². The van der Waals surface area contributed by atoms with Crippen molar-refractivity contribution in [2.24, 2.45) is 0 Å². The molecule has 48 valence electrons. The minimum absolute atomic E-state index is 0.324. The minimum Gasteiger partial charge on any atom is -0.353 e. The van der Waals surface area contributed by atoms with Crippen LogP contribution in [0.2, 0.25) is 0 Å². The fourth-order valence-corrected chi connectivity index (χ4v) is 0.426. The SMILES string of the molecule is C=O.CC1COCO1. The summed E-state index contributed by atoms with van der Waals surface area (Å²) < 4.78 is 9.77. The van der Waals surface area contributed by atoms with Crippen LogP contribution in [0.3, 0.4) is 0 Å². The number of carbonyl (C=O) groups is 1. The zero-order valence-electron chi connectivity index (χ0n) is 4.92. The zero-order valence-corrected chi connectivity index (χ0v) is 4.92. The lowest BCUT2D eigenvalue weighted by molar-refractivity contribution is -0.0979. The second-order valence-corrected chi connectivity index (χ2v) is 1.47. The van der Waals surface area contributed by atoms with Gasteiger partial charge in [-0.1, -0.05) is 0 Å². The maximum absolute atomic E-state index is 8.00. The van der Waals surface area contributed by atoms with Crippen molar-refractivity contribution in [2.45, 2.75) is 13.0 Å². The highest BCUT2D eigenvalue weighted by Gasteiger charge is 2.07. The van der Waals surface area contributed by atoms with Crippen LogP contribution in [0.4, 0.5) is 0 Å². The molecule has 3 nitrogen and oxygen atoms in total. The molecule has 1 unspecified atom stereocenters. The first-order chi connectivity index (χ1) is 3.89. The Labute approximate surface area is 48.6 Å². The molecule has 1 rings (SSSR count). The van der Waals surface area contributed by atoms with Crippen molar-refractivity contribution in [2.75, 3.05) is 13.4 Å².